The lowest BCUT2D eigenvalue weighted by molar-refractivity contribution is 0.128. The van der Waals surface area contributed by atoms with Crippen LogP contribution in [-0.4, -0.2) is 34.3 Å². The Bertz CT molecular complexity index is 418. The van der Waals surface area contributed by atoms with Crippen molar-refractivity contribution in [3.63, 3.8) is 0 Å². The van der Waals surface area contributed by atoms with Crippen LogP contribution >= 0.6 is 0 Å². The number of rotatable bonds is 7. The number of aromatic nitrogens is 2. The predicted octanol–water partition coefficient (Wildman–Crippen LogP) is 1.80. The molecule has 0 spiro atoms. The third kappa shape index (κ3) is 6.68. The average Bonchev–Trinajstić information content (AvgIpc) is 2.31. The van der Waals surface area contributed by atoms with Crippen molar-refractivity contribution in [1.29, 1.82) is 0 Å². The van der Waals surface area contributed by atoms with Gasteiger partial charge in [-0.1, -0.05) is 20.8 Å². The Balaban J connectivity index is 2.56. The van der Waals surface area contributed by atoms with Gasteiger partial charge >= 0.3 is 0 Å². The van der Waals surface area contributed by atoms with Crippen LogP contribution in [0.3, 0.4) is 0 Å². The summed E-state index contributed by atoms with van der Waals surface area (Å²) in [4.78, 5) is 8.40. The van der Waals surface area contributed by atoms with E-state index in [1.165, 1.54) is 0 Å². The SMILES string of the molecule is CCOCc1nc(N)cc(NCC(O)CC(C)(C)C)n1. The number of nitrogen functional groups attached to an aromatic ring is 1. The highest BCUT2D eigenvalue weighted by Crippen LogP contribution is 2.21. The van der Waals surface area contributed by atoms with Crippen LogP contribution in [0.2, 0.25) is 0 Å². The first-order valence-corrected chi connectivity index (χ1v) is 6.93. The molecule has 1 aromatic heterocycles. The van der Waals surface area contributed by atoms with Crippen molar-refractivity contribution >= 4 is 11.6 Å². The van der Waals surface area contributed by atoms with Crippen LogP contribution in [0.5, 0.6) is 0 Å². The van der Waals surface area contributed by atoms with Crippen molar-refractivity contribution < 1.29 is 9.84 Å². The maximum absolute atomic E-state index is 9.96. The molecule has 6 heteroatoms. The summed E-state index contributed by atoms with van der Waals surface area (Å²) in [5.74, 6) is 1.54. The zero-order valence-corrected chi connectivity index (χ0v) is 12.8. The molecule has 0 saturated carbocycles. The van der Waals surface area contributed by atoms with Crippen molar-refractivity contribution in [2.75, 3.05) is 24.2 Å². The summed E-state index contributed by atoms with van der Waals surface area (Å²) < 4.78 is 5.26. The number of hydrogen-bond donors (Lipinski definition) is 3. The van der Waals surface area contributed by atoms with Crippen LogP contribution < -0.4 is 11.1 Å². The molecule has 0 amide bonds. The molecular weight excluding hydrogens is 256 g/mol. The molecule has 1 rings (SSSR count). The first-order valence-electron chi connectivity index (χ1n) is 6.93. The van der Waals surface area contributed by atoms with Crippen LogP contribution in [0.25, 0.3) is 0 Å². The topological polar surface area (TPSA) is 93.3 Å². The minimum Gasteiger partial charge on any atom is -0.391 e. The molecule has 20 heavy (non-hydrogen) atoms. The summed E-state index contributed by atoms with van der Waals surface area (Å²) in [6, 6.07) is 1.65. The van der Waals surface area contributed by atoms with E-state index in [4.69, 9.17) is 10.5 Å². The lowest BCUT2D eigenvalue weighted by Gasteiger charge is -2.22. The van der Waals surface area contributed by atoms with E-state index in [1.54, 1.807) is 6.07 Å². The molecule has 1 heterocycles. The van der Waals surface area contributed by atoms with Gasteiger partial charge in [-0.25, -0.2) is 9.97 Å². The van der Waals surface area contributed by atoms with Gasteiger partial charge in [-0.2, -0.15) is 0 Å². The maximum atomic E-state index is 9.96. The van der Waals surface area contributed by atoms with Crippen LogP contribution in [0.15, 0.2) is 6.07 Å². The smallest absolute Gasteiger partial charge is 0.158 e. The zero-order valence-electron chi connectivity index (χ0n) is 12.8. The average molecular weight is 282 g/mol. The van der Waals surface area contributed by atoms with Gasteiger partial charge in [-0.15, -0.1) is 0 Å². The van der Waals surface area contributed by atoms with Gasteiger partial charge in [0.2, 0.25) is 0 Å². The van der Waals surface area contributed by atoms with Crippen LogP contribution in [-0.2, 0) is 11.3 Å². The molecule has 0 aromatic carbocycles. The molecule has 0 aliphatic carbocycles. The molecule has 1 atom stereocenters. The number of aliphatic hydroxyl groups excluding tert-OH is 1. The first-order chi connectivity index (χ1) is 9.30. The minimum absolute atomic E-state index is 0.0892. The molecule has 0 bridgehead atoms. The number of nitrogens with one attached hydrogen (secondary N) is 1. The molecule has 0 saturated heterocycles. The fourth-order valence-electron chi connectivity index (χ4n) is 1.87. The molecule has 114 valence electrons. The Labute approximate surface area is 120 Å². The Morgan fingerprint density at radius 3 is 2.70 bits per heavy atom. The lowest BCUT2D eigenvalue weighted by atomic mass is 9.89. The molecule has 4 N–H and O–H groups in total. The molecule has 1 unspecified atom stereocenters. The van der Waals surface area contributed by atoms with Gasteiger partial charge < -0.3 is 20.9 Å². The van der Waals surface area contributed by atoms with Gasteiger partial charge in [0, 0.05) is 19.2 Å². The van der Waals surface area contributed by atoms with Crippen molar-refractivity contribution in [2.45, 2.75) is 46.8 Å². The van der Waals surface area contributed by atoms with Gasteiger partial charge in [0.1, 0.15) is 18.2 Å². The number of aliphatic hydroxyl groups is 1. The number of hydrogen-bond acceptors (Lipinski definition) is 6. The fraction of sp³-hybridized carbons (Fsp3) is 0.714. The zero-order chi connectivity index (χ0) is 15.2. The minimum atomic E-state index is -0.429. The second-order valence-corrected chi connectivity index (χ2v) is 6.03. The summed E-state index contributed by atoms with van der Waals surface area (Å²) in [5.41, 5.74) is 5.82. The van der Waals surface area contributed by atoms with Gasteiger partial charge in [-0.05, 0) is 18.8 Å². The van der Waals surface area contributed by atoms with Crippen LogP contribution in [0, 0.1) is 5.41 Å². The van der Waals surface area contributed by atoms with E-state index in [0.29, 0.717) is 43.6 Å². The Hall–Kier alpha value is -1.40. The molecule has 0 fully saturated rings. The molecule has 1 aromatic rings. The summed E-state index contributed by atoms with van der Waals surface area (Å²) in [6.07, 6.45) is 0.286. The van der Waals surface area contributed by atoms with E-state index >= 15 is 0 Å². The number of ether oxygens (including phenoxy) is 1. The van der Waals surface area contributed by atoms with Crippen LogP contribution in [0.1, 0.15) is 39.9 Å². The lowest BCUT2D eigenvalue weighted by Crippen LogP contribution is -2.25. The van der Waals surface area contributed by atoms with E-state index in [2.05, 4.69) is 36.1 Å². The fourth-order valence-corrected chi connectivity index (χ4v) is 1.87. The standard InChI is InChI=1S/C14H26N4O2/c1-5-20-9-13-17-11(15)6-12(18-13)16-8-10(19)7-14(2,3)4/h6,10,19H,5,7-9H2,1-4H3,(H3,15,16,17,18). The monoisotopic (exact) mass is 282 g/mol. The van der Waals surface area contributed by atoms with E-state index in [-0.39, 0.29) is 5.41 Å². The van der Waals surface area contributed by atoms with Gasteiger partial charge in [-0.3, -0.25) is 0 Å². The maximum Gasteiger partial charge on any atom is 0.158 e. The Morgan fingerprint density at radius 2 is 2.10 bits per heavy atom. The van der Waals surface area contributed by atoms with Gasteiger partial charge in [0.05, 0.1) is 6.10 Å². The quantitative estimate of drug-likeness (QED) is 0.706. The molecule has 0 aliphatic heterocycles. The van der Waals surface area contributed by atoms with Crippen molar-refractivity contribution in [1.82, 2.24) is 9.97 Å². The van der Waals surface area contributed by atoms with E-state index < -0.39 is 6.10 Å². The van der Waals surface area contributed by atoms with E-state index in [1.807, 2.05) is 6.92 Å². The van der Waals surface area contributed by atoms with Gasteiger partial charge in [0.25, 0.3) is 0 Å². The largest absolute Gasteiger partial charge is 0.391 e. The third-order valence-corrected chi connectivity index (χ3v) is 2.59. The second-order valence-electron chi connectivity index (χ2n) is 6.03. The van der Waals surface area contributed by atoms with Crippen molar-refractivity contribution in [3.8, 4) is 0 Å². The highest BCUT2D eigenvalue weighted by atomic mass is 16.5. The van der Waals surface area contributed by atoms with E-state index in [9.17, 15) is 5.11 Å². The summed E-state index contributed by atoms with van der Waals surface area (Å²) in [6.45, 7) is 9.57. The molecule has 6 nitrogen and oxygen atoms in total. The van der Waals surface area contributed by atoms with E-state index in [0.717, 1.165) is 0 Å². The van der Waals surface area contributed by atoms with Crippen molar-refractivity contribution in [2.24, 2.45) is 5.41 Å². The highest BCUT2D eigenvalue weighted by Gasteiger charge is 2.16. The normalized spacial score (nSPS) is 13.2. The Morgan fingerprint density at radius 1 is 1.40 bits per heavy atom. The van der Waals surface area contributed by atoms with Crippen LogP contribution in [0.4, 0.5) is 11.6 Å². The third-order valence-electron chi connectivity index (χ3n) is 2.59. The number of nitrogens with zero attached hydrogens (tertiary/aromatic N) is 2. The summed E-state index contributed by atoms with van der Waals surface area (Å²) >= 11 is 0. The highest BCUT2D eigenvalue weighted by molar-refractivity contribution is 5.44. The molecule has 0 aliphatic rings. The first kappa shape index (κ1) is 16.7. The molecule has 0 radical (unpaired) electrons. The Kier molecular flexibility index (Phi) is 6.16. The predicted molar refractivity (Wildman–Crippen MR) is 80.3 cm³/mol. The summed E-state index contributed by atoms with van der Waals surface area (Å²) in [7, 11) is 0. The summed E-state index contributed by atoms with van der Waals surface area (Å²) in [5, 5.41) is 13.1. The molecular formula is C14H26N4O2. The van der Waals surface area contributed by atoms with Crippen molar-refractivity contribution in [3.05, 3.63) is 11.9 Å². The van der Waals surface area contributed by atoms with Gasteiger partial charge in [0.15, 0.2) is 5.82 Å². The second kappa shape index (κ2) is 7.40. The number of nitrogens with two attached hydrogens (primary N) is 1. The number of anilines is 2.